The normalized spacial score (nSPS) is 9.85. The van der Waals surface area contributed by atoms with Crippen LogP contribution in [-0.4, -0.2) is 13.0 Å². The van der Waals surface area contributed by atoms with Gasteiger partial charge < -0.3 is 9.32 Å². The van der Waals surface area contributed by atoms with Gasteiger partial charge in [0, 0.05) is 7.05 Å². The number of hydrogen-bond acceptors (Lipinski definition) is 5. The van der Waals surface area contributed by atoms with Gasteiger partial charge in [-0.15, -0.1) is 0 Å². The highest BCUT2D eigenvalue weighted by molar-refractivity contribution is 5.90. The number of nitriles is 1. The molecule has 1 heterocycles. The van der Waals surface area contributed by atoms with Gasteiger partial charge in [0.2, 0.25) is 0 Å². The number of nitrogens with two attached hydrogens (primary N) is 1. The molecule has 2 aromatic rings. The Bertz CT molecular complexity index is 657. The van der Waals surface area contributed by atoms with E-state index in [-0.39, 0.29) is 5.76 Å². The summed E-state index contributed by atoms with van der Waals surface area (Å²) in [6.45, 7) is 0.441. The van der Waals surface area contributed by atoms with E-state index in [1.54, 1.807) is 18.2 Å². The third-order valence-corrected chi connectivity index (χ3v) is 2.85. The van der Waals surface area contributed by atoms with Crippen molar-refractivity contribution in [3.8, 4) is 6.07 Å². The summed E-state index contributed by atoms with van der Waals surface area (Å²) in [6.07, 6.45) is 0. The van der Waals surface area contributed by atoms with Crippen LogP contribution in [0.3, 0.4) is 0 Å². The number of benzene rings is 1. The van der Waals surface area contributed by atoms with Crippen molar-refractivity contribution in [3.05, 3.63) is 53.5 Å². The van der Waals surface area contributed by atoms with E-state index < -0.39 is 5.91 Å². The Morgan fingerprint density at radius 2 is 2.15 bits per heavy atom. The molecular weight excluding hydrogens is 256 g/mol. The molecule has 102 valence electrons. The van der Waals surface area contributed by atoms with Gasteiger partial charge in [-0.05, 0) is 24.3 Å². The number of hydrazine groups is 1. The van der Waals surface area contributed by atoms with Crippen molar-refractivity contribution < 1.29 is 9.21 Å². The fraction of sp³-hybridized carbons (Fsp3) is 0.143. The molecule has 20 heavy (non-hydrogen) atoms. The molecular formula is C14H14N4O2. The van der Waals surface area contributed by atoms with E-state index in [1.807, 2.05) is 35.6 Å². The number of amides is 1. The molecule has 0 unspecified atom stereocenters. The van der Waals surface area contributed by atoms with Crippen molar-refractivity contribution in [1.29, 1.82) is 5.26 Å². The number of nitrogens with one attached hydrogen (secondary N) is 1. The quantitative estimate of drug-likeness (QED) is 0.497. The van der Waals surface area contributed by atoms with Gasteiger partial charge in [0.1, 0.15) is 11.8 Å². The highest BCUT2D eigenvalue weighted by Gasteiger charge is 2.12. The van der Waals surface area contributed by atoms with Gasteiger partial charge in [-0.2, -0.15) is 5.26 Å². The Morgan fingerprint density at radius 1 is 1.40 bits per heavy atom. The summed E-state index contributed by atoms with van der Waals surface area (Å²) in [5.74, 6) is 5.33. The molecule has 0 aliphatic rings. The minimum atomic E-state index is -0.476. The molecule has 3 N–H and O–H groups in total. The number of carbonyl (C=O) groups is 1. The number of rotatable bonds is 4. The van der Waals surface area contributed by atoms with Crippen LogP contribution in [0.1, 0.15) is 21.9 Å². The fourth-order valence-corrected chi connectivity index (χ4v) is 1.88. The van der Waals surface area contributed by atoms with Crippen LogP contribution >= 0.6 is 0 Å². The van der Waals surface area contributed by atoms with E-state index in [0.29, 0.717) is 17.9 Å². The molecule has 1 aromatic heterocycles. The summed E-state index contributed by atoms with van der Waals surface area (Å²) >= 11 is 0. The van der Waals surface area contributed by atoms with Crippen molar-refractivity contribution in [2.45, 2.75) is 6.54 Å². The van der Waals surface area contributed by atoms with Crippen LogP contribution in [0.2, 0.25) is 0 Å². The number of hydrogen-bond donors (Lipinski definition) is 2. The maximum atomic E-state index is 11.3. The predicted molar refractivity (Wildman–Crippen MR) is 73.6 cm³/mol. The summed E-state index contributed by atoms with van der Waals surface area (Å²) in [5.41, 5.74) is 3.40. The summed E-state index contributed by atoms with van der Waals surface area (Å²) in [7, 11) is 1.85. The lowest BCUT2D eigenvalue weighted by atomic mass is 10.2. The van der Waals surface area contributed by atoms with Crippen LogP contribution in [0.15, 0.2) is 40.8 Å². The first-order valence-electron chi connectivity index (χ1n) is 5.95. The number of anilines is 1. The topological polar surface area (TPSA) is 95.3 Å². The first-order valence-corrected chi connectivity index (χ1v) is 5.95. The molecule has 0 aliphatic carbocycles. The number of nitrogens with zero attached hydrogens (tertiary/aromatic N) is 2. The molecule has 0 radical (unpaired) electrons. The monoisotopic (exact) mass is 270 g/mol. The number of para-hydroxylation sites is 1. The van der Waals surface area contributed by atoms with Gasteiger partial charge in [-0.1, -0.05) is 12.1 Å². The third-order valence-electron chi connectivity index (χ3n) is 2.85. The molecule has 0 fully saturated rings. The van der Waals surface area contributed by atoms with Gasteiger partial charge in [0.15, 0.2) is 5.76 Å². The molecule has 1 amide bonds. The number of furan rings is 1. The molecule has 1 aromatic carbocycles. The maximum absolute atomic E-state index is 11.3. The summed E-state index contributed by atoms with van der Waals surface area (Å²) in [6, 6.07) is 12.7. The third kappa shape index (κ3) is 2.79. The molecule has 0 atom stereocenters. The Hall–Kier alpha value is -2.78. The minimum Gasteiger partial charge on any atom is -0.454 e. The first-order chi connectivity index (χ1) is 9.65. The van der Waals surface area contributed by atoms with E-state index in [0.717, 1.165) is 5.69 Å². The van der Waals surface area contributed by atoms with Crippen LogP contribution in [0.25, 0.3) is 0 Å². The standard InChI is InChI=1S/C14H14N4O2/c1-18(12-5-3-2-4-10(12)8-15)9-11-6-7-13(20-11)14(19)17-16/h2-7H,9,16H2,1H3,(H,17,19). The second kappa shape index (κ2) is 5.91. The van der Waals surface area contributed by atoms with E-state index in [1.165, 1.54) is 0 Å². The molecule has 0 saturated heterocycles. The molecule has 0 spiro atoms. The van der Waals surface area contributed by atoms with Crippen molar-refractivity contribution >= 4 is 11.6 Å². The van der Waals surface area contributed by atoms with Crippen LogP contribution < -0.4 is 16.2 Å². The Balaban J connectivity index is 2.16. The predicted octanol–water partition coefficient (Wildman–Crippen LogP) is 1.39. The largest absolute Gasteiger partial charge is 0.454 e. The van der Waals surface area contributed by atoms with Gasteiger partial charge in [0.25, 0.3) is 0 Å². The van der Waals surface area contributed by atoms with Crippen molar-refractivity contribution in [3.63, 3.8) is 0 Å². The summed E-state index contributed by atoms with van der Waals surface area (Å²) in [4.78, 5) is 13.2. The fourth-order valence-electron chi connectivity index (χ4n) is 1.88. The molecule has 2 rings (SSSR count). The average Bonchev–Trinajstić information content (AvgIpc) is 2.94. The first kappa shape index (κ1) is 13.6. The van der Waals surface area contributed by atoms with Crippen molar-refractivity contribution in [2.24, 2.45) is 5.84 Å². The van der Waals surface area contributed by atoms with Gasteiger partial charge in [0.05, 0.1) is 17.8 Å². The van der Waals surface area contributed by atoms with E-state index in [4.69, 9.17) is 15.5 Å². The zero-order chi connectivity index (χ0) is 14.5. The maximum Gasteiger partial charge on any atom is 0.300 e. The van der Waals surface area contributed by atoms with Crippen LogP contribution in [-0.2, 0) is 6.54 Å². The average molecular weight is 270 g/mol. The molecule has 0 bridgehead atoms. The second-order valence-corrected chi connectivity index (χ2v) is 4.22. The lowest BCUT2D eigenvalue weighted by Crippen LogP contribution is -2.29. The summed E-state index contributed by atoms with van der Waals surface area (Å²) in [5, 5.41) is 9.08. The molecule has 6 nitrogen and oxygen atoms in total. The van der Waals surface area contributed by atoms with Crippen molar-refractivity contribution in [2.75, 3.05) is 11.9 Å². The van der Waals surface area contributed by atoms with Crippen LogP contribution in [0.5, 0.6) is 0 Å². The molecule has 0 aliphatic heterocycles. The SMILES string of the molecule is CN(Cc1ccc(C(=O)NN)o1)c1ccccc1C#N. The smallest absolute Gasteiger partial charge is 0.300 e. The summed E-state index contributed by atoms with van der Waals surface area (Å²) < 4.78 is 5.39. The Labute approximate surface area is 116 Å². The van der Waals surface area contributed by atoms with E-state index in [2.05, 4.69) is 6.07 Å². The Morgan fingerprint density at radius 3 is 2.85 bits per heavy atom. The highest BCUT2D eigenvalue weighted by atomic mass is 16.4. The number of nitrogen functional groups attached to an aromatic ring is 1. The lowest BCUT2D eigenvalue weighted by molar-refractivity contribution is 0.0924. The van der Waals surface area contributed by atoms with E-state index in [9.17, 15) is 4.79 Å². The van der Waals surface area contributed by atoms with E-state index >= 15 is 0 Å². The zero-order valence-corrected chi connectivity index (χ0v) is 11.0. The Kier molecular flexibility index (Phi) is 4.03. The molecule has 0 saturated carbocycles. The van der Waals surface area contributed by atoms with Crippen molar-refractivity contribution in [1.82, 2.24) is 5.43 Å². The second-order valence-electron chi connectivity index (χ2n) is 4.22. The number of carbonyl (C=O) groups excluding carboxylic acids is 1. The minimum absolute atomic E-state index is 0.157. The lowest BCUT2D eigenvalue weighted by Gasteiger charge is -2.18. The van der Waals surface area contributed by atoms with Gasteiger partial charge in [-0.3, -0.25) is 10.2 Å². The van der Waals surface area contributed by atoms with Crippen LogP contribution in [0, 0.1) is 11.3 Å². The molecule has 6 heteroatoms. The van der Waals surface area contributed by atoms with Crippen LogP contribution in [0.4, 0.5) is 5.69 Å². The van der Waals surface area contributed by atoms with Gasteiger partial charge in [-0.25, -0.2) is 5.84 Å². The highest BCUT2D eigenvalue weighted by Crippen LogP contribution is 2.20. The zero-order valence-electron chi connectivity index (χ0n) is 11.0. The van der Waals surface area contributed by atoms with Gasteiger partial charge >= 0.3 is 5.91 Å².